The van der Waals surface area contributed by atoms with Crippen molar-refractivity contribution in [2.45, 2.75) is 32.4 Å². The van der Waals surface area contributed by atoms with Crippen LogP contribution in [-0.2, 0) is 13.0 Å². The number of pyridine rings is 1. The molecule has 0 amide bonds. The fourth-order valence-electron chi connectivity index (χ4n) is 1.82. The number of benzene rings is 1. The van der Waals surface area contributed by atoms with Gasteiger partial charge in [0.25, 0.3) is 0 Å². The predicted octanol–water partition coefficient (Wildman–Crippen LogP) is 3.08. The Morgan fingerprint density at radius 3 is 2.80 bits per heavy atom. The van der Waals surface area contributed by atoms with Gasteiger partial charge in [-0.1, -0.05) is 19.1 Å². The molecular formula is C16H19FN2O. The third kappa shape index (κ3) is 4.31. The van der Waals surface area contributed by atoms with E-state index in [2.05, 4.69) is 11.9 Å². The number of halogens is 1. The van der Waals surface area contributed by atoms with Gasteiger partial charge in [-0.05, 0) is 36.2 Å². The van der Waals surface area contributed by atoms with Gasteiger partial charge < -0.3 is 10.5 Å². The number of rotatable bonds is 6. The fraction of sp³-hybridized carbons (Fsp3) is 0.312. The van der Waals surface area contributed by atoms with Crippen LogP contribution in [0.3, 0.4) is 0 Å². The summed E-state index contributed by atoms with van der Waals surface area (Å²) in [5, 5.41) is 0. The lowest BCUT2D eigenvalue weighted by Gasteiger charge is -2.09. The van der Waals surface area contributed by atoms with Crippen LogP contribution >= 0.6 is 0 Å². The summed E-state index contributed by atoms with van der Waals surface area (Å²) in [4.78, 5) is 4.32. The molecule has 1 unspecified atom stereocenters. The molecule has 3 nitrogen and oxygen atoms in total. The standard InChI is InChI=1S/C16H19FN2O/c1-2-14(18)9-15-6-7-16(10-19-15)20-11-12-4-3-5-13(17)8-12/h3-8,10,14H,2,9,11,18H2,1H3. The van der Waals surface area contributed by atoms with Gasteiger partial charge in [0, 0.05) is 18.2 Å². The summed E-state index contributed by atoms with van der Waals surface area (Å²) < 4.78 is 18.6. The third-order valence-electron chi connectivity index (χ3n) is 3.09. The number of nitrogens with two attached hydrogens (primary N) is 1. The largest absolute Gasteiger partial charge is 0.487 e. The first kappa shape index (κ1) is 14.5. The second kappa shape index (κ2) is 7.01. The summed E-state index contributed by atoms with van der Waals surface area (Å²) in [6.07, 6.45) is 3.37. The predicted molar refractivity (Wildman–Crippen MR) is 76.9 cm³/mol. The van der Waals surface area contributed by atoms with Gasteiger partial charge in [0.2, 0.25) is 0 Å². The minimum Gasteiger partial charge on any atom is -0.487 e. The molecule has 0 spiro atoms. The van der Waals surface area contributed by atoms with Crippen LogP contribution in [0.1, 0.15) is 24.6 Å². The third-order valence-corrected chi connectivity index (χ3v) is 3.09. The average Bonchev–Trinajstić information content (AvgIpc) is 2.46. The zero-order valence-electron chi connectivity index (χ0n) is 11.6. The summed E-state index contributed by atoms with van der Waals surface area (Å²) in [5.41, 5.74) is 7.63. The van der Waals surface area contributed by atoms with Gasteiger partial charge in [0.1, 0.15) is 18.2 Å². The minimum absolute atomic E-state index is 0.140. The SMILES string of the molecule is CCC(N)Cc1ccc(OCc2cccc(F)c2)cn1. The Hall–Kier alpha value is -1.94. The molecule has 1 aromatic carbocycles. The molecule has 1 heterocycles. The molecule has 0 aliphatic carbocycles. The normalized spacial score (nSPS) is 12.2. The van der Waals surface area contributed by atoms with Gasteiger partial charge in [0.05, 0.1) is 6.20 Å². The number of ether oxygens (including phenoxy) is 1. The lowest BCUT2D eigenvalue weighted by molar-refractivity contribution is 0.304. The van der Waals surface area contributed by atoms with Crippen molar-refractivity contribution < 1.29 is 9.13 Å². The highest BCUT2D eigenvalue weighted by Gasteiger charge is 2.03. The Bertz CT molecular complexity index is 542. The van der Waals surface area contributed by atoms with Crippen molar-refractivity contribution in [2.75, 3.05) is 0 Å². The molecule has 2 N–H and O–H groups in total. The van der Waals surface area contributed by atoms with Gasteiger partial charge in [-0.15, -0.1) is 0 Å². The first-order valence-electron chi connectivity index (χ1n) is 6.75. The zero-order valence-corrected chi connectivity index (χ0v) is 11.6. The molecule has 0 aliphatic heterocycles. The molecule has 1 aromatic heterocycles. The van der Waals surface area contributed by atoms with E-state index >= 15 is 0 Å². The highest BCUT2D eigenvalue weighted by Crippen LogP contribution is 2.13. The van der Waals surface area contributed by atoms with Crippen molar-refractivity contribution in [3.63, 3.8) is 0 Å². The van der Waals surface area contributed by atoms with Crippen LogP contribution in [0.4, 0.5) is 4.39 Å². The van der Waals surface area contributed by atoms with Crippen LogP contribution in [0, 0.1) is 5.82 Å². The smallest absolute Gasteiger partial charge is 0.138 e. The van der Waals surface area contributed by atoms with Gasteiger partial charge >= 0.3 is 0 Å². The molecular weight excluding hydrogens is 255 g/mol. The first-order valence-corrected chi connectivity index (χ1v) is 6.75. The van der Waals surface area contributed by atoms with E-state index in [9.17, 15) is 4.39 Å². The number of aromatic nitrogens is 1. The molecule has 0 bridgehead atoms. The van der Waals surface area contributed by atoms with E-state index in [1.165, 1.54) is 12.1 Å². The number of nitrogens with zero attached hydrogens (tertiary/aromatic N) is 1. The Morgan fingerprint density at radius 2 is 2.15 bits per heavy atom. The summed E-state index contributed by atoms with van der Waals surface area (Å²) in [7, 11) is 0. The monoisotopic (exact) mass is 274 g/mol. The molecule has 0 aliphatic rings. The van der Waals surface area contributed by atoms with E-state index in [1.807, 2.05) is 18.2 Å². The molecule has 0 saturated carbocycles. The minimum atomic E-state index is -0.256. The second-order valence-corrected chi connectivity index (χ2v) is 4.78. The van der Waals surface area contributed by atoms with E-state index in [4.69, 9.17) is 10.5 Å². The molecule has 0 saturated heterocycles. The zero-order chi connectivity index (χ0) is 14.4. The fourth-order valence-corrected chi connectivity index (χ4v) is 1.82. The Labute approximate surface area is 118 Å². The van der Waals surface area contributed by atoms with Gasteiger partial charge in [0.15, 0.2) is 0 Å². The second-order valence-electron chi connectivity index (χ2n) is 4.78. The lowest BCUT2D eigenvalue weighted by Crippen LogP contribution is -2.21. The van der Waals surface area contributed by atoms with Gasteiger partial charge in [-0.25, -0.2) is 4.39 Å². The van der Waals surface area contributed by atoms with Crippen LogP contribution in [-0.4, -0.2) is 11.0 Å². The Kier molecular flexibility index (Phi) is 5.07. The summed E-state index contributed by atoms with van der Waals surface area (Å²) in [6, 6.07) is 10.3. The topological polar surface area (TPSA) is 48.1 Å². The van der Waals surface area contributed by atoms with Crippen LogP contribution in [0.5, 0.6) is 5.75 Å². The van der Waals surface area contributed by atoms with Crippen LogP contribution in [0.25, 0.3) is 0 Å². The summed E-state index contributed by atoms with van der Waals surface area (Å²) in [5.74, 6) is 0.413. The molecule has 2 aromatic rings. The van der Waals surface area contributed by atoms with Gasteiger partial charge in [-0.3, -0.25) is 4.98 Å². The van der Waals surface area contributed by atoms with Crippen molar-refractivity contribution in [3.8, 4) is 5.75 Å². The van der Waals surface area contributed by atoms with Crippen molar-refractivity contribution >= 4 is 0 Å². The van der Waals surface area contributed by atoms with Crippen LogP contribution in [0.15, 0.2) is 42.6 Å². The number of hydrogen-bond donors (Lipinski definition) is 1. The van der Waals surface area contributed by atoms with Crippen molar-refractivity contribution in [1.82, 2.24) is 4.98 Å². The van der Waals surface area contributed by atoms with Gasteiger partial charge in [-0.2, -0.15) is 0 Å². The average molecular weight is 274 g/mol. The van der Waals surface area contributed by atoms with Crippen molar-refractivity contribution in [1.29, 1.82) is 0 Å². The molecule has 2 rings (SSSR count). The Balaban J connectivity index is 1.90. The van der Waals surface area contributed by atoms with E-state index in [0.29, 0.717) is 12.4 Å². The van der Waals surface area contributed by atoms with Crippen LogP contribution < -0.4 is 10.5 Å². The van der Waals surface area contributed by atoms with Crippen LogP contribution in [0.2, 0.25) is 0 Å². The Morgan fingerprint density at radius 1 is 1.30 bits per heavy atom. The molecule has 0 fully saturated rings. The summed E-state index contributed by atoms with van der Waals surface area (Å²) >= 11 is 0. The summed E-state index contributed by atoms with van der Waals surface area (Å²) in [6.45, 7) is 2.38. The molecule has 4 heteroatoms. The highest BCUT2D eigenvalue weighted by atomic mass is 19.1. The molecule has 106 valence electrons. The molecule has 0 radical (unpaired) electrons. The number of hydrogen-bond acceptors (Lipinski definition) is 3. The van der Waals surface area contributed by atoms with E-state index in [1.54, 1.807) is 12.3 Å². The maximum atomic E-state index is 13.0. The van der Waals surface area contributed by atoms with Crippen molar-refractivity contribution in [3.05, 3.63) is 59.7 Å². The highest BCUT2D eigenvalue weighted by molar-refractivity contribution is 5.22. The van der Waals surface area contributed by atoms with Crippen molar-refractivity contribution in [2.24, 2.45) is 5.73 Å². The first-order chi connectivity index (χ1) is 9.67. The quantitative estimate of drug-likeness (QED) is 0.880. The molecule has 1 atom stereocenters. The van der Waals surface area contributed by atoms with E-state index < -0.39 is 0 Å². The lowest BCUT2D eigenvalue weighted by atomic mass is 10.1. The maximum absolute atomic E-state index is 13.0. The van der Waals surface area contributed by atoms with E-state index in [0.717, 1.165) is 24.1 Å². The molecule has 20 heavy (non-hydrogen) atoms. The van der Waals surface area contributed by atoms with E-state index in [-0.39, 0.29) is 11.9 Å². The maximum Gasteiger partial charge on any atom is 0.138 e.